The van der Waals surface area contributed by atoms with Gasteiger partial charge >= 0.3 is 0 Å². The lowest BCUT2D eigenvalue weighted by atomic mass is 9.95. The SMILES string of the molecule is O=C(C1=C(O)C(=O)N(CCOCCO)C1c1ccc(Cl)cc1Cl)c1ccco1. The van der Waals surface area contributed by atoms with Crippen molar-refractivity contribution in [1.29, 1.82) is 0 Å². The first kappa shape index (κ1) is 20.4. The molecule has 1 aromatic heterocycles. The number of ether oxygens (including phenoxy) is 1. The number of amides is 1. The van der Waals surface area contributed by atoms with Crippen LogP contribution in [0.2, 0.25) is 10.0 Å². The van der Waals surface area contributed by atoms with Gasteiger partial charge < -0.3 is 24.3 Å². The molecule has 1 atom stereocenters. The van der Waals surface area contributed by atoms with E-state index in [2.05, 4.69) is 0 Å². The highest BCUT2D eigenvalue weighted by Crippen LogP contribution is 2.41. The van der Waals surface area contributed by atoms with Gasteiger partial charge in [0, 0.05) is 16.6 Å². The number of hydrogen-bond acceptors (Lipinski definition) is 6. The van der Waals surface area contributed by atoms with Crippen molar-refractivity contribution in [3.05, 3.63) is 69.3 Å². The highest BCUT2D eigenvalue weighted by Gasteiger charge is 2.44. The van der Waals surface area contributed by atoms with Crippen molar-refractivity contribution in [2.75, 3.05) is 26.4 Å². The Labute approximate surface area is 170 Å². The maximum absolute atomic E-state index is 12.9. The molecule has 0 aliphatic carbocycles. The largest absolute Gasteiger partial charge is 0.503 e. The lowest BCUT2D eigenvalue weighted by Gasteiger charge is -2.27. The zero-order valence-electron chi connectivity index (χ0n) is 14.6. The minimum absolute atomic E-state index is 0.0113. The molecule has 0 fully saturated rings. The Kier molecular flexibility index (Phi) is 6.41. The van der Waals surface area contributed by atoms with E-state index in [0.717, 1.165) is 0 Å². The minimum Gasteiger partial charge on any atom is -0.503 e. The van der Waals surface area contributed by atoms with Crippen LogP contribution in [0.3, 0.4) is 0 Å². The first-order valence-corrected chi connectivity index (χ1v) is 9.17. The number of halogens is 2. The lowest BCUT2D eigenvalue weighted by molar-refractivity contribution is -0.130. The number of benzene rings is 1. The number of aliphatic hydroxyl groups excluding tert-OH is 2. The molecule has 2 N–H and O–H groups in total. The second-order valence-corrected chi connectivity index (χ2v) is 6.82. The van der Waals surface area contributed by atoms with E-state index in [1.807, 2.05) is 0 Å². The molecule has 148 valence electrons. The van der Waals surface area contributed by atoms with Crippen molar-refractivity contribution >= 4 is 34.9 Å². The van der Waals surface area contributed by atoms with Crippen LogP contribution in [0.5, 0.6) is 0 Å². The van der Waals surface area contributed by atoms with Crippen LogP contribution in [-0.4, -0.2) is 53.2 Å². The van der Waals surface area contributed by atoms with Crippen LogP contribution in [-0.2, 0) is 9.53 Å². The summed E-state index contributed by atoms with van der Waals surface area (Å²) in [5.74, 6) is -2.02. The summed E-state index contributed by atoms with van der Waals surface area (Å²) in [4.78, 5) is 26.9. The first-order chi connectivity index (χ1) is 13.5. The van der Waals surface area contributed by atoms with E-state index < -0.39 is 23.5 Å². The molecule has 9 heteroatoms. The smallest absolute Gasteiger partial charge is 0.290 e. The number of carbonyl (C=O) groups is 2. The molecule has 0 bridgehead atoms. The summed E-state index contributed by atoms with van der Waals surface area (Å²) in [5, 5.41) is 19.9. The van der Waals surface area contributed by atoms with E-state index in [-0.39, 0.29) is 42.7 Å². The maximum Gasteiger partial charge on any atom is 0.290 e. The van der Waals surface area contributed by atoms with Gasteiger partial charge in [-0.1, -0.05) is 29.3 Å². The number of Topliss-reactive ketones (excluding diaryl/α,β-unsaturated/α-hetero) is 1. The fraction of sp³-hybridized carbons (Fsp3) is 0.263. The Bertz CT molecular complexity index is 909. The van der Waals surface area contributed by atoms with Gasteiger partial charge in [0.05, 0.1) is 37.7 Å². The van der Waals surface area contributed by atoms with E-state index in [0.29, 0.717) is 10.6 Å². The third kappa shape index (κ3) is 3.93. The average molecular weight is 426 g/mol. The fourth-order valence-corrected chi connectivity index (χ4v) is 3.54. The molecule has 0 saturated carbocycles. The van der Waals surface area contributed by atoms with Gasteiger partial charge in [-0.05, 0) is 29.8 Å². The molecule has 0 spiro atoms. The molecular weight excluding hydrogens is 409 g/mol. The number of carbonyl (C=O) groups excluding carboxylic acids is 2. The fourth-order valence-electron chi connectivity index (χ4n) is 3.03. The zero-order valence-corrected chi connectivity index (χ0v) is 16.1. The van der Waals surface area contributed by atoms with Gasteiger partial charge in [-0.25, -0.2) is 0 Å². The van der Waals surface area contributed by atoms with Gasteiger partial charge in [-0.15, -0.1) is 0 Å². The van der Waals surface area contributed by atoms with Crippen molar-refractivity contribution in [2.45, 2.75) is 6.04 Å². The van der Waals surface area contributed by atoms with E-state index >= 15 is 0 Å². The third-order valence-electron chi connectivity index (χ3n) is 4.26. The van der Waals surface area contributed by atoms with Crippen LogP contribution in [0, 0.1) is 0 Å². The van der Waals surface area contributed by atoms with Crippen molar-refractivity contribution in [1.82, 2.24) is 4.90 Å². The summed E-state index contributed by atoms with van der Waals surface area (Å²) in [6, 6.07) is 6.71. The Hall–Kier alpha value is -2.32. The van der Waals surface area contributed by atoms with Gasteiger partial charge in [0.2, 0.25) is 5.78 Å². The summed E-state index contributed by atoms with van der Waals surface area (Å²) < 4.78 is 10.4. The maximum atomic E-state index is 12.9. The van der Waals surface area contributed by atoms with Gasteiger partial charge in [0.15, 0.2) is 11.5 Å². The number of aliphatic hydroxyl groups is 2. The highest BCUT2D eigenvalue weighted by atomic mass is 35.5. The Morgan fingerprint density at radius 2 is 2.04 bits per heavy atom. The predicted molar refractivity (Wildman–Crippen MR) is 102 cm³/mol. The van der Waals surface area contributed by atoms with E-state index in [9.17, 15) is 14.7 Å². The van der Waals surface area contributed by atoms with Gasteiger partial charge in [0.1, 0.15) is 0 Å². The topological polar surface area (TPSA) is 100 Å². The molecular formula is C19H17Cl2NO6. The number of ketones is 1. The van der Waals surface area contributed by atoms with Crippen LogP contribution in [0.25, 0.3) is 0 Å². The van der Waals surface area contributed by atoms with Gasteiger partial charge in [0.25, 0.3) is 5.91 Å². The second kappa shape index (κ2) is 8.79. The Morgan fingerprint density at radius 1 is 1.25 bits per heavy atom. The molecule has 7 nitrogen and oxygen atoms in total. The summed E-state index contributed by atoms with van der Waals surface area (Å²) in [6.45, 7) is 0.114. The summed E-state index contributed by atoms with van der Waals surface area (Å²) in [7, 11) is 0. The Balaban J connectivity index is 2.02. The monoisotopic (exact) mass is 425 g/mol. The van der Waals surface area contributed by atoms with E-state index in [1.54, 1.807) is 12.1 Å². The number of nitrogens with zero attached hydrogens (tertiary/aromatic N) is 1. The van der Waals surface area contributed by atoms with Crippen LogP contribution in [0.15, 0.2) is 52.3 Å². The van der Waals surface area contributed by atoms with Gasteiger partial charge in [-0.3, -0.25) is 9.59 Å². The van der Waals surface area contributed by atoms with Crippen LogP contribution in [0.4, 0.5) is 0 Å². The molecule has 1 aromatic carbocycles. The molecule has 0 radical (unpaired) electrons. The lowest BCUT2D eigenvalue weighted by Crippen LogP contribution is -2.34. The second-order valence-electron chi connectivity index (χ2n) is 5.97. The zero-order chi connectivity index (χ0) is 20.3. The molecule has 3 rings (SSSR count). The van der Waals surface area contributed by atoms with Crippen molar-refractivity contribution in [3.63, 3.8) is 0 Å². The first-order valence-electron chi connectivity index (χ1n) is 8.41. The molecule has 1 aliphatic rings. The quantitative estimate of drug-likeness (QED) is 0.497. The molecule has 1 aliphatic heterocycles. The molecule has 2 aromatic rings. The molecule has 1 unspecified atom stereocenters. The predicted octanol–water partition coefficient (Wildman–Crippen LogP) is 3.17. The standard InChI is InChI=1S/C19H17Cl2NO6/c20-11-3-4-12(13(21)10-11)16-15(17(24)14-2-1-7-28-14)18(25)19(26)22(16)5-8-27-9-6-23/h1-4,7,10,16,23,25H,5-6,8-9H2. The molecule has 1 amide bonds. The van der Waals surface area contributed by atoms with Crippen LogP contribution in [0.1, 0.15) is 22.2 Å². The normalized spacial score (nSPS) is 16.9. The number of furan rings is 1. The highest BCUT2D eigenvalue weighted by molar-refractivity contribution is 6.35. The van der Waals surface area contributed by atoms with Crippen LogP contribution < -0.4 is 0 Å². The van der Waals surface area contributed by atoms with Crippen molar-refractivity contribution < 1.29 is 29.0 Å². The summed E-state index contributed by atoms with van der Waals surface area (Å²) >= 11 is 12.3. The van der Waals surface area contributed by atoms with Crippen molar-refractivity contribution in [3.8, 4) is 0 Å². The summed E-state index contributed by atoms with van der Waals surface area (Å²) in [6.07, 6.45) is 1.33. The molecule has 2 heterocycles. The third-order valence-corrected chi connectivity index (χ3v) is 4.82. The van der Waals surface area contributed by atoms with E-state index in [4.69, 9.17) is 37.5 Å². The number of rotatable bonds is 8. The Morgan fingerprint density at radius 3 is 2.68 bits per heavy atom. The van der Waals surface area contributed by atoms with Crippen LogP contribution >= 0.6 is 23.2 Å². The minimum atomic E-state index is -0.937. The average Bonchev–Trinajstić information content (AvgIpc) is 3.28. The summed E-state index contributed by atoms with van der Waals surface area (Å²) in [5.41, 5.74) is 0.298. The number of hydrogen-bond donors (Lipinski definition) is 2. The van der Waals surface area contributed by atoms with Crippen molar-refractivity contribution in [2.24, 2.45) is 0 Å². The van der Waals surface area contributed by atoms with E-state index in [1.165, 1.54) is 29.4 Å². The molecule has 0 saturated heterocycles. The molecule has 28 heavy (non-hydrogen) atoms. The van der Waals surface area contributed by atoms with Gasteiger partial charge in [-0.2, -0.15) is 0 Å².